The van der Waals surface area contributed by atoms with Crippen LogP contribution in [-0.4, -0.2) is 87.4 Å². The first-order valence-electron chi connectivity index (χ1n) is 44.2. The lowest BCUT2D eigenvalue weighted by Gasteiger charge is -2.25. The maximum Gasteiger partial charge on any atom is 0.361 e. The van der Waals surface area contributed by atoms with E-state index in [-0.39, 0.29) is 38.2 Å². The molecule has 0 fully saturated rings. The Balaban J connectivity index is 3.91. The molecular weight excluding hydrogens is 1220 g/mol. The van der Waals surface area contributed by atoms with E-state index >= 15 is 0 Å². The van der Waals surface area contributed by atoms with Gasteiger partial charge in [0.25, 0.3) is 6.29 Å². The van der Waals surface area contributed by atoms with Crippen molar-refractivity contribution in [3.8, 4) is 0 Å². The molecule has 0 aromatic carbocycles. The molecule has 0 saturated carbocycles. The van der Waals surface area contributed by atoms with Crippen LogP contribution in [0.25, 0.3) is 0 Å². The van der Waals surface area contributed by atoms with Gasteiger partial charge >= 0.3 is 17.9 Å². The van der Waals surface area contributed by atoms with Gasteiger partial charge in [-0.25, -0.2) is 4.79 Å². The molecule has 0 aliphatic carbocycles. The van der Waals surface area contributed by atoms with Gasteiger partial charge in [0.15, 0.2) is 6.10 Å². The van der Waals surface area contributed by atoms with Crippen molar-refractivity contribution in [3.05, 3.63) is 36.5 Å². The van der Waals surface area contributed by atoms with E-state index in [1.54, 1.807) is 0 Å². The van der Waals surface area contributed by atoms with E-state index in [0.29, 0.717) is 17.4 Å². The molecule has 2 atom stereocenters. The van der Waals surface area contributed by atoms with Crippen LogP contribution in [0.3, 0.4) is 0 Å². The topological polar surface area (TPSA) is 108 Å². The maximum atomic E-state index is 13.0. The fourth-order valence-electron chi connectivity index (χ4n) is 13.7. The van der Waals surface area contributed by atoms with Crippen molar-refractivity contribution in [2.45, 2.75) is 476 Å². The van der Waals surface area contributed by atoms with Crippen LogP contribution < -0.4 is 0 Å². The Morgan fingerprint density at radius 2 is 0.545 bits per heavy atom. The Kier molecular flexibility index (Phi) is 79.1. The molecular formula is C90H172NO8+. The number of esters is 2. The number of carbonyl (C=O) groups is 3. The number of hydrogen-bond donors (Lipinski definition) is 1. The number of carbonyl (C=O) groups excluding carboxylic acids is 2. The highest BCUT2D eigenvalue weighted by Gasteiger charge is 2.25. The number of likely N-dealkylation sites (N-methyl/N-ethyl adjacent to an activating group) is 1. The molecule has 0 aromatic heterocycles. The molecule has 0 amide bonds. The number of unbranched alkanes of at least 4 members (excludes halogenated alkanes) is 63. The summed E-state index contributed by atoms with van der Waals surface area (Å²) in [5.41, 5.74) is 0. The molecule has 2 unspecified atom stereocenters. The van der Waals surface area contributed by atoms with E-state index in [1.807, 2.05) is 21.1 Å². The zero-order valence-electron chi connectivity index (χ0n) is 67.2. The number of aliphatic carboxylic acids is 1. The summed E-state index contributed by atoms with van der Waals surface area (Å²) in [5.74, 6) is -1.97. The van der Waals surface area contributed by atoms with Gasteiger partial charge < -0.3 is 28.5 Å². The SMILES string of the molecule is CCCCCCC/C=C\C/C=C\C/C=C\CCCCCCCCCCCCCCCCCCCCCCCCC(=O)OC(COC(=O)CCCCCCCCCCCCCCCCCCCCCCCCCCCCCCCCCCCCCCC)COC(OCC[N+](C)(C)C)C(=O)O. The minimum Gasteiger partial charge on any atom is -0.477 e. The molecule has 1 N–H and O–H groups in total. The lowest BCUT2D eigenvalue weighted by molar-refractivity contribution is -0.870. The largest absolute Gasteiger partial charge is 0.477 e. The number of nitrogens with zero attached hydrogens (tertiary/aromatic N) is 1. The highest BCUT2D eigenvalue weighted by molar-refractivity contribution is 5.71. The van der Waals surface area contributed by atoms with E-state index in [4.69, 9.17) is 18.9 Å². The standard InChI is InChI=1S/C90H171NO8/c1-6-8-10-12-14-16-18-20-22-24-26-28-30-32-34-36-38-40-42-44-46-48-50-52-54-56-58-60-62-64-66-68-70-72-74-76-78-80-87(92)97-84-86(85-98-90(89(94)95)96-83-82-91(3,4)5)99-88(93)81-79-77-75-73-71-69-67-65-63-61-59-57-55-53-51-49-47-45-43-41-39-37-35-33-31-29-27-25-23-21-19-17-15-13-11-9-7-2/h19,21,25,27,31,33,86,90H,6-18,20,22-24,26,28-30,32,34-85H2,1-5H3/p+1/b21-19-,27-25-,33-31-. The monoisotopic (exact) mass is 1400 g/mol. The Morgan fingerprint density at radius 3 is 0.808 bits per heavy atom. The van der Waals surface area contributed by atoms with E-state index in [1.165, 1.54) is 385 Å². The molecule has 0 aromatic rings. The van der Waals surface area contributed by atoms with Crippen molar-refractivity contribution in [1.29, 1.82) is 0 Å². The molecule has 9 heteroatoms. The Hall–Kier alpha value is -2.49. The summed E-state index contributed by atoms with van der Waals surface area (Å²) in [6, 6.07) is 0. The van der Waals surface area contributed by atoms with Crippen molar-refractivity contribution in [2.24, 2.45) is 0 Å². The van der Waals surface area contributed by atoms with Crippen LogP contribution in [-0.2, 0) is 33.3 Å². The zero-order valence-corrected chi connectivity index (χ0v) is 67.2. The van der Waals surface area contributed by atoms with Gasteiger partial charge in [0, 0.05) is 12.8 Å². The fraction of sp³-hybridized carbons (Fsp3) is 0.900. The molecule has 584 valence electrons. The molecule has 99 heavy (non-hydrogen) atoms. The summed E-state index contributed by atoms with van der Waals surface area (Å²) < 4.78 is 23.1. The van der Waals surface area contributed by atoms with E-state index in [9.17, 15) is 19.5 Å². The summed E-state index contributed by atoms with van der Waals surface area (Å²) in [6.07, 6.45) is 103. The number of carboxylic acid groups (broad SMARTS) is 1. The van der Waals surface area contributed by atoms with E-state index < -0.39 is 18.4 Å². The summed E-state index contributed by atoms with van der Waals surface area (Å²) in [7, 11) is 6.01. The average molecular weight is 1400 g/mol. The fourth-order valence-corrected chi connectivity index (χ4v) is 13.7. The molecule has 0 saturated heterocycles. The van der Waals surface area contributed by atoms with Crippen LogP contribution in [0, 0.1) is 0 Å². The normalized spacial score (nSPS) is 12.7. The molecule has 0 bridgehead atoms. The molecule has 0 heterocycles. The highest BCUT2D eigenvalue weighted by Crippen LogP contribution is 2.21. The van der Waals surface area contributed by atoms with Gasteiger partial charge in [-0.15, -0.1) is 0 Å². The van der Waals surface area contributed by atoms with Crippen molar-refractivity contribution in [1.82, 2.24) is 0 Å². The number of allylic oxidation sites excluding steroid dienone is 6. The van der Waals surface area contributed by atoms with Crippen LogP contribution in [0.15, 0.2) is 36.5 Å². The van der Waals surface area contributed by atoms with Crippen LogP contribution >= 0.6 is 0 Å². The first kappa shape index (κ1) is 96.5. The molecule has 0 aliphatic heterocycles. The van der Waals surface area contributed by atoms with E-state index in [2.05, 4.69) is 50.3 Å². The van der Waals surface area contributed by atoms with Crippen molar-refractivity contribution in [2.75, 3.05) is 47.5 Å². The number of hydrogen-bond acceptors (Lipinski definition) is 7. The Morgan fingerprint density at radius 1 is 0.303 bits per heavy atom. The van der Waals surface area contributed by atoms with E-state index in [0.717, 1.165) is 51.4 Å². The first-order chi connectivity index (χ1) is 48.6. The van der Waals surface area contributed by atoms with Gasteiger partial charge in [0.05, 0.1) is 34.4 Å². The Labute approximate surface area is 617 Å². The number of ether oxygens (including phenoxy) is 4. The summed E-state index contributed by atoms with van der Waals surface area (Å²) in [6.45, 7) is 4.96. The number of rotatable bonds is 84. The highest BCUT2D eigenvalue weighted by atomic mass is 16.7. The second-order valence-corrected chi connectivity index (χ2v) is 31.6. The van der Waals surface area contributed by atoms with Gasteiger partial charge in [-0.1, -0.05) is 436 Å². The lowest BCUT2D eigenvalue weighted by atomic mass is 10.0. The van der Waals surface area contributed by atoms with Crippen LogP contribution in [0.2, 0.25) is 0 Å². The number of carboxylic acids is 1. The van der Waals surface area contributed by atoms with Gasteiger partial charge in [-0.3, -0.25) is 9.59 Å². The first-order valence-corrected chi connectivity index (χ1v) is 44.2. The van der Waals surface area contributed by atoms with Crippen molar-refractivity contribution < 1.29 is 42.9 Å². The average Bonchev–Trinajstić information content (AvgIpc) is 2.19. The smallest absolute Gasteiger partial charge is 0.361 e. The van der Waals surface area contributed by atoms with Crippen LogP contribution in [0.5, 0.6) is 0 Å². The predicted molar refractivity (Wildman–Crippen MR) is 429 cm³/mol. The molecule has 0 spiro atoms. The molecule has 9 nitrogen and oxygen atoms in total. The third-order valence-electron chi connectivity index (χ3n) is 20.4. The quantitative estimate of drug-likeness (QED) is 0.0211. The van der Waals surface area contributed by atoms with Crippen molar-refractivity contribution in [3.63, 3.8) is 0 Å². The Bertz CT molecular complexity index is 1720. The summed E-state index contributed by atoms with van der Waals surface area (Å²) in [4.78, 5) is 37.8. The third kappa shape index (κ3) is 82.7. The second kappa shape index (κ2) is 81.2. The van der Waals surface area contributed by atoms with Crippen LogP contribution in [0.1, 0.15) is 463 Å². The maximum absolute atomic E-state index is 13.0. The molecule has 0 aliphatic rings. The van der Waals surface area contributed by atoms with Gasteiger partial charge in [0.1, 0.15) is 13.2 Å². The minimum absolute atomic E-state index is 0.174. The van der Waals surface area contributed by atoms with Gasteiger partial charge in [-0.2, -0.15) is 0 Å². The zero-order chi connectivity index (χ0) is 71.8. The van der Waals surface area contributed by atoms with Crippen LogP contribution in [0.4, 0.5) is 0 Å². The molecule has 0 rings (SSSR count). The molecule has 0 radical (unpaired) electrons. The summed E-state index contributed by atoms with van der Waals surface area (Å²) in [5, 5.41) is 9.79. The lowest BCUT2D eigenvalue weighted by Crippen LogP contribution is -2.40. The third-order valence-corrected chi connectivity index (χ3v) is 20.4. The second-order valence-electron chi connectivity index (χ2n) is 31.6. The number of quaternary nitrogens is 1. The predicted octanol–water partition coefficient (Wildman–Crippen LogP) is 28.6. The van der Waals surface area contributed by atoms with Gasteiger partial charge in [0.2, 0.25) is 0 Å². The summed E-state index contributed by atoms with van der Waals surface area (Å²) >= 11 is 0. The van der Waals surface area contributed by atoms with Gasteiger partial charge in [-0.05, 0) is 51.4 Å². The van der Waals surface area contributed by atoms with Crippen molar-refractivity contribution >= 4 is 17.9 Å². The minimum atomic E-state index is -1.51.